The highest BCUT2D eigenvalue weighted by molar-refractivity contribution is 5.99. The molecule has 0 bridgehead atoms. The third-order valence-electron chi connectivity index (χ3n) is 4.64. The SMILES string of the molecule is CC.CC(=O)/C=C/c1cnc2c(c1)CC1(CCNCC1)C(=O)N2C. The van der Waals surface area contributed by atoms with Crippen LogP contribution < -0.4 is 10.2 Å². The summed E-state index contributed by atoms with van der Waals surface area (Å²) >= 11 is 0. The molecule has 1 aromatic rings. The summed E-state index contributed by atoms with van der Waals surface area (Å²) in [6.07, 6.45) is 7.50. The topological polar surface area (TPSA) is 62.3 Å². The fourth-order valence-corrected chi connectivity index (χ4v) is 3.45. The van der Waals surface area contributed by atoms with Gasteiger partial charge >= 0.3 is 0 Å². The summed E-state index contributed by atoms with van der Waals surface area (Å²) in [7, 11) is 1.81. The van der Waals surface area contributed by atoms with E-state index < -0.39 is 0 Å². The van der Waals surface area contributed by atoms with Gasteiger partial charge in [0, 0.05) is 13.2 Å². The Labute approximate surface area is 144 Å². The number of carbonyl (C=O) groups excluding carboxylic acids is 2. The predicted octanol–water partition coefficient (Wildman–Crippen LogP) is 2.60. The van der Waals surface area contributed by atoms with Crippen molar-refractivity contribution >= 4 is 23.6 Å². The third-order valence-corrected chi connectivity index (χ3v) is 4.64. The summed E-state index contributed by atoms with van der Waals surface area (Å²) in [6, 6.07) is 2.05. The zero-order valence-electron chi connectivity index (χ0n) is 15.1. The summed E-state index contributed by atoms with van der Waals surface area (Å²) in [5.41, 5.74) is 1.70. The van der Waals surface area contributed by atoms with E-state index in [4.69, 9.17) is 0 Å². The van der Waals surface area contributed by atoms with Crippen LogP contribution in [0.1, 0.15) is 44.7 Å². The molecule has 0 saturated carbocycles. The van der Waals surface area contributed by atoms with Gasteiger partial charge in [-0.15, -0.1) is 0 Å². The molecule has 1 N–H and O–H groups in total. The molecule has 0 unspecified atom stereocenters. The molecule has 3 heterocycles. The number of allylic oxidation sites excluding steroid dienone is 1. The second-order valence-electron chi connectivity index (χ2n) is 6.27. The summed E-state index contributed by atoms with van der Waals surface area (Å²) in [5.74, 6) is 0.940. The summed E-state index contributed by atoms with van der Waals surface area (Å²) < 4.78 is 0. The smallest absolute Gasteiger partial charge is 0.234 e. The maximum absolute atomic E-state index is 12.8. The predicted molar refractivity (Wildman–Crippen MR) is 97.0 cm³/mol. The second kappa shape index (κ2) is 7.71. The molecule has 1 amide bonds. The number of pyridine rings is 1. The highest BCUT2D eigenvalue weighted by Gasteiger charge is 2.45. The first-order valence-corrected chi connectivity index (χ1v) is 8.68. The molecule has 0 aliphatic carbocycles. The maximum Gasteiger partial charge on any atom is 0.234 e. The van der Waals surface area contributed by atoms with Gasteiger partial charge in [-0.3, -0.25) is 14.5 Å². The molecule has 0 radical (unpaired) electrons. The van der Waals surface area contributed by atoms with Gasteiger partial charge in [-0.1, -0.05) is 13.8 Å². The van der Waals surface area contributed by atoms with E-state index in [0.29, 0.717) is 0 Å². The molecule has 5 nitrogen and oxygen atoms in total. The Hall–Kier alpha value is -2.01. The lowest BCUT2D eigenvalue weighted by Crippen LogP contribution is -2.52. The number of piperidine rings is 1. The van der Waals surface area contributed by atoms with Gasteiger partial charge in [-0.2, -0.15) is 0 Å². The zero-order valence-corrected chi connectivity index (χ0v) is 15.1. The average molecular weight is 329 g/mol. The lowest BCUT2D eigenvalue weighted by molar-refractivity contribution is -0.130. The van der Waals surface area contributed by atoms with Crippen LogP contribution in [0.3, 0.4) is 0 Å². The minimum absolute atomic E-state index is 0.0137. The van der Waals surface area contributed by atoms with E-state index in [9.17, 15) is 9.59 Å². The largest absolute Gasteiger partial charge is 0.317 e. The van der Waals surface area contributed by atoms with Crippen LogP contribution in [-0.2, 0) is 16.0 Å². The number of hydrogen-bond donors (Lipinski definition) is 1. The standard InChI is InChI=1S/C17H21N3O2.C2H6/c1-12(21)3-4-13-9-14-10-17(5-7-18-8-6-17)16(22)20(2)15(14)19-11-13;1-2/h3-4,9,11,18H,5-8,10H2,1-2H3;1-2H3/b4-3+;. The molecule has 1 aromatic heterocycles. The van der Waals surface area contributed by atoms with E-state index >= 15 is 0 Å². The third kappa shape index (κ3) is 3.56. The summed E-state index contributed by atoms with van der Waals surface area (Å²) in [4.78, 5) is 30.0. The van der Waals surface area contributed by atoms with Crippen molar-refractivity contribution in [3.8, 4) is 0 Å². The van der Waals surface area contributed by atoms with E-state index in [1.807, 2.05) is 20.9 Å². The highest BCUT2D eigenvalue weighted by atomic mass is 16.2. The Morgan fingerprint density at radius 3 is 2.62 bits per heavy atom. The number of aromatic nitrogens is 1. The van der Waals surface area contributed by atoms with Gasteiger partial charge in [-0.25, -0.2) is 4.98 Å². The Morgan fingerprint density at radius 1 is 1.33 bits per heavy atom. The van der Waals surface area contributed by atoms with Crippen molar-refractivity contribution in [1.29, 1.82) is 0 Å². The fourth-order valence-electron chi connectivity index (χ4n) is 3.45. The van der Waals surface area contributed by atoms with Crippen molar-refractivity contribution < 1.29 is 9.59 Å². The van der Waals surface area contributed by atoms with Crippen LogP contribution in [0, 0.1) is 5.41 Å². The Bertz CT molecular complexity index is 646. The van der Waals surface area contributed by atoms with Gasteiger partial charge in [0.2, 0.25) is 5.91 Å². The van der Waals surface area contributed by atoms with Crippen LogP contribution in [0.4, 0.5) is 5.82 Å². The fraction of sp³-hybridized carbons (Fsp3) is 0.526. The Balaban J connectivity index is 0.00000100. The number of nitrogens with zero attached hydrogens (tertiary/aromatic N) is 2. The number of anilines is 1. The van der Waals surface area contributed by atoms with Crippen molar-refractivity contribution in [3.05, 3.63) is 29.5 Å². The van der Waals surface area contributed by atoms with Crippen molar-refractivity contribution in [3.63, 3.8) is 0 Å². The van der Waals surface area contributed by atoms with Gasteiger partial charge in [0.05, 0.1) is 5.41 Å². The van der Waals surface area contributed by atoms with Crippen LogP contribution in [0.25, 0.3) is 6.08 Å². The van der Waals surface area contributed by atoms with Crippen LogP contribution in [-0.4, -0.2) is 36.8 Å². The molecular formula is C19H27N3O2. The zero-order chi connectivity index (χ0) is 17.7. The molecule has 0 atom stereocenters. The number of carbonyl (C=O) groups is 2. The minimum Gasteiger partial charge on any atom is -0.317 e. The monoisotopic (exact) mass is 329 g/mol. The van der Waals surface area contributed by atoms with E-state index in [2.05, 4.69) is 16.4 Å². The van der Waals surface area contributed by atoms with Gasteiger partial charge < -0.3 is 5.32 Å². The van der Waals surface area contributed by atoms with Crippen molar-refractivity contribution in [2.24, 2.45) is 5.41 Å². The average Bonchev–Trinajstić information content (AvgIpc) is 2.60. The van der Waals surface area contributed by atoms with Gasteiger partial charge in [0.25, 0.3) is 0 Å². The van der Waals surface area contributed by atoms with Crippen molar-refractivity contribution in [1.82, 2.24) is 10.3 Å². The quantitative estimate of drug-likeness (QED) is 0.847. The van der Waals surface area contributed by atoms with Crippen LogP contribution >= 0.6 is 0 Å². The summed E-state index contributed by atoms with van der Waals surface area (Å²) in [6.45, 7) is 7.29. The van der Waals surface area contributed by atoms with Crippen LogP contribution in [0.5, 0.6) is 0 Å². The highest BCUT2D eigenvalue weighted by Crippen LogP contribution is 2.41. The first kappa shape index (κ1) is 18.3. The molecule has 5 heteroatoms. The second-order valence-corrected chi connectivity index (χ2v) is 6.27. The molecule has 3 rings (SSSR count). The number of ketones is 1. The number of nitrogens with one attached hydrogen (secondary N) is 1. The minimum atomic E-state index is -0.294. The molecular weight excluding hydrogens is 302 g/mol. The lowest BCUT2D eigenvalue weighted by Gasteiger charge is -2.43. The number of rotatable bonds is 2. The number of hydrogen-bond acceptors (Lipinski definition) is 4. The Morgan fingerprint density at radius 2 is 2.00 bits per heavy atom. The first-order valence-electron chi connectivity index (χ1n) is 8.68. The molecule has 1 fully saturated rings. The molecule has 130 valence electrons. The molecule has 1 saturated heterocycles. The van der Waals surface area contributed by atoms with E-state index in [-0.39, 0.29) is 17.1 Å². The van der Waals surface area contributed by atoms with E-state index in [1.54, 1.807) is 23.2 Å². The van der Waals surface area contributed by atoms with Crippen LogP contribution in [0.15, 0.2) is 18.3 Å². The van der Waals surface area contributed by atoms with E-state index in [0.717, 1.165) is 49.3 Å². The molecule has 2 aliphatic rings. The summed E-state index contributed by atoms with van der Waals surface area (Å²) in [5, 5.41) is 3.32. The van der Waals surface area contributed by atoms with Gasteiger partial charge in [0.1, 0.15) is 5.82 Å². The molecule has 1 spiro atoms. The van der Waals surface area contributed by atoms with Crippen LogP contribution in [0.2, 0.25) is 0 Å². The normalized spacial score (nSPS) is 19.0. The lowest BCUT2D eigenvalue weighted by atomic mass is 9.71. The van der Waals surface area contributed by atoms with E-state index in [1.165, 1.54) is 6.92 Å². The molecule has 2 aliphatic heterocycles. The number of fused-ring (bicyclic) bond motifs is 1. The Kier molecular flexibility index (Phi) is 5.89. The molecule has 0 aromatic carbocycles. The van der Waals surface area contributed by atoms with Gasteiger partial charge in [0.15, 0.2) is 5.78 Å². The molecule has 24 heavy (non-hydrogen) atoms. The first-order chi connectivity index (χ1) is 11.5. The maximum atomic E-state index is 12.8. The van der Waals surface area contributed by atoms with Crippen molar-refractivity contribution in [2.45, 2.75) is 40.0 Å². The van der Waals surface area contributed by atoms with Crippen molar-refractivity contribution in [2.75, 3.05) is 25.0 Å². The number of amides is 1. The van der Waals surface area contributed by atoms with Gasteiger partial charge in [-0.05, 0) is 68.6 Å².